The summed E-state index contributed by atoms with van der Waals surface area (Å²) in [6.45, 7) is 6.99. The minimum Gasteiger partial charge on any atom is -0.508 e. The average Bonchev–Trinajstić information content (AvgIpc) is 2.46. The summed E-state index contributed by atoms with van der Waals surface area (Å²) < 4.78 is 11.1. The van der Waals surface area contributed by atoms with E-state index in [0.717, 1.165) is 0 Å². The average molecular weight is 352 g/mol. The second-order valence-corrected chi connectivity index (χ2v) is 8.28. The third-order valence-electron chi connectivity index (χ3n) is 3.18. The standard InChI is InChI=1S/C16H24N4O3S/c1-10(2)9-24(23)16(3,4)14(22)20-15(18)19-13(17)11-5-7-12(21)8-6-11/h5-8,10,21H,9H2,1-4H3,(H4,17,18,19,20,22). The van der Waals surface area contributed by atoms with Crippen molar-refractivity contribution in [1.29, 1.82) is 0 Å². The van der Waals surface area contributed by atoms with Crippen molar-refractivity contribution in [3.8, 4) is 5.75 Å². The van der Waals surface area contributed by atoms with Crippen molar-refractivity contribution >= 4 is 28.5 Å². The molecule has 0 aromatic heterocycles. The van der Waals surface area contributed by atoms with Crippen LogP contribution in [0.3, 0.4) is 0 Å². The lowest BCUT2D eigenvalue weighted by Gasteiger charge is -2.20. The van der Waals surface area contributed by atoms with Crippen LogP contribution in [0.1, 0.15) is 33.3 Å². The summed E-state index contributed by atoms with van der Waals surface area (Å²) in [7, 11) is -1.38. The Labute approximate surface area is 144 Å². The second-order valence-electron chi connectivity index (χ2n) is 6.24. The van der Waals surface area contributed by atoms with Crippen LogP contribution in [0.2, 0.25) is 0 Å². The van der Waals surface area contributed by atoms with Gasteiger partial charge in [0.15, 0.2) is 0 Å². The van der Waals surface area contributed by atoms with Gasteiger partial charge < -0.3 is 16.6 Å². The Kier molecular flexibility index (Phi) is 6.65. The van der Waals surface area contributed by atoms with Gasteiger partial charge in [0.05, 0.1) is 0 Å². The number of benzene rings is 1. The van der Waals surface area contributed by atoms with E-state index >= 15 is 0 Å². The van der Waals surface area contributed by atoms with Crippen LogP contribution in [0.4, 0.5) is 0 Å². The number of carbonyl (C=O) groups is 1. The lowest BCUT2D eigenvalue weighted by Crippen LogP contribution is -2.38. The van der Waals surface area contributed by atoms with Crippen LogP contribution in [-0.2, 0) is 15.6 Å². The minimum atomic E-state index is -1.38. The van der Waals surface area contributed by atoms with E-state index in [1.165, 1.54) is 12.1 Å². The molecule has 132 valence electrons. The number of rotatable bonds is 5. The van der Waals surface area contributed by atoms with Crippen molar-refractivity contribution < 1.29 is 14.1 Å². The van der Waals surface area contributed by atoms with Gasteiger partial charge in [-0.05, 0) is 44.0 Å². The van der Waals surface area contributed by atoms with Gasteiger partial charge in [-0.2, -0.15) is 9.98 Å². The van der Waals surface area contributed by atoms with Crippen molar-refractivity contribution in [1.82, 2.24) is 0 Å². The van der Waals surface area contributed by atoms with Gasteiger partial charge in [0.1, 0.15) is 16.3 Å². The number of hydrogen-bond acceptors (Lipinski definition) is 3. The molecule has 0 aliphatic heterocycles. The normalized spacial score (nSPS) is 14.7. The summed E-state index contributed by atoms with van der Waals surface area (Å²) in [6, 6.07) is 6.03. The highest BCUT2D eigenvalue weighted by Crippen LogP contribution is 2.18. The zero-order valence-corrected chi connectivity index (χ0v) is 15.1. The van der Waals surface area contributed by atoms with Crippen molar-refractivity contribution in [2.45, 2.75) is 32.4 Å². The molecule has 0 aliphatic carbocycles. The first-order valence-electron chi connectivity index (χ1n) is 7.44. The predicted molar refractivity (Wildman–Crippen MR) is 97.4 cm³/mol. The largest absolute Gasteiger partial charge is 0.508 e. The number of guanidine groups is 1. The Morgan fingerprint density at radius 2 is 1.75 bits per heavy atom. The van der Waals surface area contributed by atoms with Gasteiger partial charge in [-0.15, -0.1) is 0 Å². The molecule has 0 fully saturated rings. The highest BCUT2D eigenvalue weighted by Gasteiger charge is 2.34. The number of aromatic hydroxyl groups is 1. The van der Waals surface area contributed by atoms with Crippen LogP contribution in [0, 0.1) is 5.92 Å². The summed E-state index contributed by atoms with van der Waals surface area (Å²) in [6.07, 6.45) is 0. The van der Waals surface area contributed by atoms with Gasteiger partial charge in [-0.3, -0.25) is 9.00 Å². The molecule has 7 nitrogen and oxygen atoms in total. The fraction of sp³-hybridized carbons (Fsp3) is 0.438. The van der Waals surface area contributed by atoms with Crippen LogP contribution in [0.5, 0.6) is 5.75 Å². The van der Waals surface area contributed by atoms with Crippen LogP contribution >= 0.6 is 0 Å². The van der Waals surface area contributed by atoms with E-state index in [1.54, 1.807) is 26.0 Å². The Hall–Kier alpha value is -2.22. The lowest BCUT2D eigenvalue weighted by molar-refractivity contribution is -0.119. The molecule has 0 saturated carbocycles. The van der Waals surface area contributed by atoms with E-state index in [9.17, 15) is 14.1 Å². The number of aliphatic imine (C=N–C) groups is 2. The summed E-state index contributed by atoms with van der Waals surface area (Å²) in [5, 5.41) is 9.24. The van der Waals surface area contributed by atoms with Crippen LogP contribution in [0.25, 0.3) is 0 Å². The smallest absolute Gasteiger partial charge is 0.267 e. The van der Waals surface area contributed by atoms with Crippen molar-refractivity contribution in [3.05, 3.63) is 29.8 Å². The van der Waals surface area contributed by atoms with E-state index in [0.29, 0.717) is 11.3 Å². The van der Waals surface area contributed by atoms with Crippen LogP contribution < -0.4 is 11.5 Å². The fourth-order valence-corrected chi connectivity index (χ4v) is 2.95. The van der Waals surface area contributed by atoms with E-state index in [4.69, 9.17) is 11.5 Å². The monoisotopic (exact) mass is 352 g/mol. The molecule has 24 heavy (non-hydrogen) atoms. The molecular formula is C16H24N4O3S. The summed E-state index contributed by atoms with van der Waals surface area (Å²) >= 11 is 0. The number of phenols is 1. The SMILES string of the molecule is CC(C)CS(=O)C(C)(C)C(=O)N=C(N)/N=C(\N)c1ccc(O)cc1. The Balaban J connectivity index is 2.94. The third kappa shape index (κ3) is 5.45. The maximum atomic E-state index is 12.3. The first-order chi connectivity index (χ1) is 11.0. The Morgan fingerprint density at radius 3 is 2.25 bits per heavy atom. The van der Waals surface area contributed by atoms with E-state index in [-0.39, 0.29) is 23.5 Å². The molecule has 5 N–H and O–H groups in total. The zero-order chi connectivity index (χ0) is 18.5. The molecule has 0 radical (unpaired) electrons. The highest BCUT2D eigenvalue weighted by molar-refractivity contribution is 7.87. The van der Waals surface area contributed by atoms with Gasteiger partial charge >= 0.3 is 0 Å². The number of nitrogens with zero attached hydrogens (tertiary/aromatic N) is 2. The fourth-order valence-electron chi connectivity index (χ4n) is 1.69. The van der Waals surface area contributed by atoms with Gasteiger partial charge in [-0.25, -0.2) is 0 Å². The highest BCUT2D eigenvalue weighted by atomic mass is 32.2. The molecule has 0 bridgehead atoms. The summed E-state index contributed by atoms with van der Waals surface area (Å²) in [4.78, 5) is 19.8. The van der Waals surface area contributed by atoms with E-state index in [2.05, 4.69) is 9.98 Å². The molecule has 0 aliphatic rings. The van der Waals surface area contributed by atoms with Gasteiger partial charge in [0.2, 0.25) is 5.96 Å². The molecule has 0 saturated heterocycles. The molecule has 1 rings (SSSR count). The topological polar surface area (TPSA) is 131 Å². The second kappa shape index (κ2) is 8.05. The lowest BCUT2D eigenvalue weighted by atomic mass is 10.2. The molecular weight excluding hydrogens is 328 g/mol. The zero-order valence-electron chi connectivity index (χ0n) is 14.3. The molecule has 1 atom stereocenters. The Morgan fingerprint density at radius 1 is 1.21 bits per heavy atom. The van der Waals surface area contributed by atoms with Crippen LogP contribution in [-0.4, -0.2) is 37.5 Å². The molecule has 1 aromatic rings. The van der Waals surface area contributed by atoms with Crippen molar-refractivity contribution in [2.24, 2.45) is 27.4 Å². The quantitative estimate of drug-likeness (QED) is 0.540. The third-order valence-corrected chi connectivity index (χ3v) is 5.47. The predicted octanol–water partition coefficient (Wildman–Crippen LogP) is 1.12. The molecule has 0 spiro atoms. The van der Waals surface area contributed by atoms with E-state index < -0.39 is 21.5 Å². The number of hydrogen-bond donors (Lipinski definition) is 3. The number of nitrogens with two attached hydrogens (primary N) is 2. The number of amidine groups is 1. The van der Waals surface area contributed by atoms with Crippen molar-refractivity contribution in [2.75, 3.05) is 5.75 Å². The van der Waals surface area contributed by atoms with Gasteiger partial charge in [-0.1, -0.05) is 13.8 Å². The molecule has 1 aromatic carbocycles. The summed E-state index contributed by atoms with van der Waals surface area (Å²) in [5.41, 5.74) is 12.0. The Bertz CT molecular complexity index is 679. The first-order valence-corrected chi connectivity index (χ1v) is 8.76. The molecule has 1 unspecified atom stereocenters. The molecule has 0 heterocycles. The van der Waals surface area contributed by atoms with Crippen LogP contribution in [0.15, 0.2) is 34.3 Å². The number of carbonyl (C=O) groups excluding carboxylic acids is 1. The maximum absolute atomic E-state index is 12.3. The maximum Gasteiger partial charge on any atom is 0.267 e. The minimum absolute atomic E-state index is 0.0603. The van der Waals surface area contributed by atoms with Gasteiger partial charge in [0.25, 0.3) is 5.91 Å². The molecule has 8 heteroatoms. The van der Waals surface area contributed by atoms with E-state index in [1.807, 2.05) is 13.8 Å². The van der Waals surface area contributed by atoms with Crippen molar-refractivity contribution in [3.63, 3.8) is 0 Å². The number of phenolic OH excluding ortho intramolecular Hbond substituents is 1. The first kappa shape index (κ1) is 19.8. The van der Waals surface area contributed by atoms with Gasteiger partial charge in [0, 0.05) is 22.1 Å². The number of amides is 1. The summed E-state index contributed by atoms with van der Waals surface area (Å²) in [5.74, 6) is -0.167. The molecule has 1 amide bonds.